The van der Waals surface area contributed by atoms with Gasteiger partial charge in [-0.05, 0) is 26.7 Å². The summed E-state index contributed by atoms with van der Waals surface area (Å²) in [6.07, 6.45) is 4.77. The molecule has 0 aliphatic carbocycles. The molecule has 1 aromatic rings. The summed E-state index contributed by atoms with van der Waals surface area (Å²) in [5.74, 6) is 0.840. The molecule has 0 spiro atoms. The molecule has 2 unspecified atom stereocenters. The van der Waals surface area contributed by atoms with Crippen LogP contribution in [0.25, 0.3) is 0 Å². The minimum Gasteiger partial charge on any atom is -0.373 e. The van der Waals surface area contributed by atoms with Crippen molar-refractivity contribution in [2.45, 2.75) is 52.4 Å². The van der Waals surface area contributed by atoms with Gasteiger partial charge in [0, 0.05) is 44.3 Å². The number of thiazole rings is 1. The van der Waals surface area contributed by atoms with Crippen LogP contribution in [-0.2, 0) is 17.7 Å². The zero-order chi connectivity index (χ0) is 17.4. The van der Waals surface area contributed by atoms with Crippen molar-refractivity contribution in [3.63, 3.8) is 0 Å². The fourth-order valence-electron chi connectivity index (χ4n) is 2.95. The molecule has 2 rings (SSSR count). The van der Waals surface area contributed by atoms with Gasteiger partial charge in [-0.25, -0.2) is 4.98 Å². The Bertz CT molecular complexity index is 515. The van der Waals surface area contributed by atoms with E-state index < -0.39 is 0 Å². The first kappa shape index (κ1) is 22.6. The minimum absolute atomic E-state index is 0. The summed E-state index contributed by atoms with van der Waals surface area (Å²) in [6, 6.07) is 0. The van der Waals surface area contributed by atoms with Crippen molar-refractivity contribution in [2.75, 3.05) is 33.2 Å². The van der Waals surface area contributed by atoms with E-state index >= 15 is 0 Å². The first-order valence-corrected chi connectivity index (χ1v) is 9.68. The number of morpholine rings is 1. The van der Waals surface area contributed by atoms with Crippen molar-refractivity contribution in [2.24, 2.45) is 4.99 Å². The number of halogens is 1. The van der Waals surface area contributed by atoms with Crippen molar-refractivity contribution < 1.29 is 4.74 Å². The zero-order valence-electron chi connectivity index (χ0n) is 15.7. The number of aryl methyl sites for hydroxylation is 1. The van der Waals surface area contributed by atoms with Crippen LogP contribution in [0, 0.1) is 0 Å². The van der Waals surface area contributed by atoms with Crippen LogP contribution < -0.4 is 10.6 Å². The van der Waals surface area contributed by atoms with Gasteiger partial charge in [0.25, 0.3) is 0 Å². The van der Waals surface area contributed by atoms with Crippen LogP contribution in [0.1, 0.15) is 37.1 Å². The molecule has 0 aromatic carbocycles. The number of hydrogen-bond acceptors (Lipinski definition) is 5. The minimum atomic E-state index is 0. The third kappa shape index (κ3) is 8.19. The highest BCUT2D eigenvalue weighted by Gasteiger charge is 2.21. The summed E-state index contributed by atoms with van der Waals surface area (Å²) >= 11 is 1.76. The Morgan fingerprint density at radius 2 is 2.08 bits per heavy atom. The normalized spacial score (nSPS) is 21.7. The molecule has 0 saturated carbocycles. The molecule has 6 nitrogen and oxygen atoms in total. The lowest BCUT2D eigenvalue weighted by molar-refractivity contribution is -0.0679. The second-order valence-corrected chi connectivity index (χ2v) is 7.50. The van der Waals surface area contributed by atoms with E-state index in [2.05, 4.69) is 46.3 Å². The summed E-state index contributed by atoms with van der Waals surface area (Å²) in [4.78, 5) is 12.5. The van der Waals surface area contributed by atoms with Gasteiger partial charge >= 0.3 is 0 Å². The molecule has 2 heterocycles. The number of hydrogen-bond donors (Lipinski definition) is 2. The quantitative estimate of drug-likeness (QED) is 0.271. The largest absolute Gasteiger partial charge is 0.373 e. The maximum absolute atomic E-state index is 5.77. The summed E-state index contributed by atoms with van der Waals surface area (Å²) in [5, 5.41) is 7.81. The van der Waals surface area contributed by atoms with Crippen LogP contribution in [-0.4, -0.2) is 61.3 Å². The molecule has 0 radical (unpaired) electrons. The van der Waals surface area contributed by atoms with Gasteiger partial charge in [-0.3, -0.25) is 9.89 Å². The molecule has 1 saturated heterocycles. The van der Waals surface area contributed by atoms with Crippen LogP contribution >= 0.6 is 35.3 Å². The number of guanidine groups is 1. The Labute approximate surface area is 172 Å². The van der Waals surface area contributed by atoms with E-state index in [1.54, 1.807) is 18.4 Å². The lowest BCUT2D eigenvalue weighted by atomic mass is 10.2. The lowest BCUT2D eigenvalue weighted by Gasteiger charge is -2.35. The molecule has 1 fully saturated rings. The predicted molar refractivity (Wildman–Crippen MR) is 116 cm³/mol. The summed E-state index contributed by atoms with van der Waals surface area (Å²) < 4.78 is 5.77. The monoisotopic (exact) mass is 481 g/mol. The number of nitrogens with one attached hydrogen (secondary N) is 2. The highest BCUT2D eigenvalue weighted by molar-refractivity contribution is 14.0. The van der Waals surface area contributed by atoms with Gasteiger partial charge in [0.05, 0.1) is 18.8 Å². The van der Waals surface area contributed by atoms with E-state index in [0.29, 0.717) is 12.2 Å². The fourth-order valence-corrected chi connectivity index (χ4v) is 3.75. The Hall–Kier alpha value is -0.450. The molecule has 2 atom stereocenters. The van der Waals surface area contributed by atoms with Gasteiger partial charge in [0.2, 0.25) is 0 Å². The highest BCUT2D eigenvalue weighted by atomic mass is 127. The van der Waals surface area contributed by atoms with Gasteiger partial charge in [-0.15, -0.1) is 35.3 Å². The molecule has 2 N–H and O–H groups in total. The van der Waals surface area contributed by atoms with Gasteiger partial charge in [-0.2, -0.15) is 0 Å². The van der Waals surface area contributed by atoms with Crippen molar-refractivity contribution in [1.29, 1.82) is 0 Å². The predicted octanol–water partition coefficient (Wildman–Crippen LogP) is 2.49. The molecule has 1 aromatic heterocycles. The Kier molecular flexibility index (Phi) is 10.9. The average Bonchev–Trinajstić information content (AvgIpc) is 3.01. The molecule has 1 aliphatic heterocycles. The molecule has 1 aliphatic rings. The Morgan fingerprint density at radius 1 is 1.36 bits per heavy atom. The second-order valence-electron chi connectivity index (χ2n) is 6.30. The van der Waals surface area contributed by atoms with Crippen LogP contribution in [0.3, 0.4) is 0 Å². The molecule has 8 heteroatoms. The third-order valence-electron chi connectivity index (χ3n) is 4.02. The van der Waals surface area contributed by atoms with Crippen molar-refractivity contribution in [3.8, 4) is 0 Å². The second kappa shape index (κ2) is 12.0. The molecule has 0 amide bonds. The number of aliphatic imine (C=N–C) groups is 1. The smallest absolute Gasteiger partial charge is 0.191 e. The van der Waals surface area contributed by atoms with Crippen molar-refractivity contribution in [1.82, 2.24) is 20.5 Å². The number of rotatable bonds is 7. The SMILES string of the molecule is CCc1cnc(CNC(=NC)NCCCN2CC(C)OC(C)C2)s1.I. The van der Waals surface area contributed by atoms with E-state index in [-0.39, 0.29) is 24.0 Å². The topological polar surface area (TPSA) is 61.8 Å². The van der Waals surface area contributed by atoms with E-state index in [1.165, 1.54) is 4.88 Å². The first-order chi connectivity index (χ1) is 11.6. The molecule has 25 heavy (non-hydrogen) atoms. The maximum Gasteiger partial charge on any atom is 0.191 e. The number of ether oxygens (including phenoxy) is 1. The van der Waals surface area contributed by atoms with E-state index in [4.69, 9.17) is 4.74 Å². The standard InChI is InChI=1S/C17H31N5OS.HI/c1-5-15-9-20-16(24-15)10-21-17(18-4)19-7-6-8-22-11-13(2)23-14(3)12-22;/h9,13-14H,5-8,10-12H2,1-4H3,(H2,18,19,21);1H. The molecular weight excluding hydrogens is 449 g/mol. The van der Waals surface area contributed by atoms with Crippen LogP contribution in [0.5, 0.6) is 0 Å². The zero-order valence-corrected chi connectivity index (χ0v) is 18.9. The summed E-state index contributed by atoms with van der Waals surface area (Å²) in [5.41, 5.74) is 0. The third-order valence-corrected chi connectivity index (χ3v) is 5.16. The van der Waals surface area contributed by atoms with E-state index in [1.807, 2.05) is 6.20 Å². The van der Waals surface area contributed by atoms with Gasteiger partial charge in [-0.1, -0.05) is 6.92 Å². The Morgan fingerprint density at radius 3 is 2.68 bits per heavy atom. The van der Waals surface area contributed by atoms with Gasteiger partial charge in [0.15, 0.2) is 5.96 Å². The molecule has 0 bridgehead atoms. The van der Waals surface area contributed by atoms with Crippen LogP contribution in [0.15, 0.2) is 11.2 Å². The van der Waals surface area contributed by atoms with Gasteiger partial charge in [0.1, 0.15) is 5.01 Å². The lowest BCUT2D eigenvalue weighted by Crippen LogP contribution is -2.46. The first-order valence-electron chi connectivity index (χ1n) is 8.86. The maximum atomic E-state index is 5.77. The van der Waals surface area contributed by atoms with Crippen LogP contribution in [0.4, 0.5) is 0 Å². The van der Waals surface area contributed by atoms with E-state index in [9.17, 15) is 0 Å². The summed E-state index contributed by atoms with van der Waals surface area (Å²) in [7, 11) is 1.81. The molecular formula is C17H32IN5OS. The number of aromatic nitrogens is 1. The highest BCUT2D eigenvalue weighted by Crippen LogP contribution is 2.13. The Balaban J connectivity index is 0.00000312. The number of nitrogens with zero attached hydrogens (tertiary/aromatic N) is 3. The fraction of sp³-hybridized carbons (Fsp3) is 0.765. The van der Waals surface area contributed by atoms with Crippen molar-refractivity contribution in [3.05, 3.63) is 16.1 Å². The summed E-state index contributed by atoms with van der Waals surface area (Å²) in [6.45, 7) is 11.2. The van der Waals surface area contributed by atoms with Gasteiger partial charge < -0.3 is 15.4 Å². The van der Waals surface area contributed by atoms with Crippen LogP contribution in [0.2, 0.25) is 0 Å². The van der Waals surface area contributed by atoms with Crippen molar-refractivity contribution >= 4 is 41.3 Å². The molecule has 144 valence electrons. The van der Waals surface area contributed by atoms with E-state index in [0.717, 1.165) is 56.5 Å². The average molecular weight is 481 g/mol.